The van der Waals surface area contributed by atoms with Gasteiger partial charge in [-0.15, -0.1) is 0 Å². The Labute approximate surface area is 230 Å². The zero-order valence-electron chi connectivity index (χ0n) is 23.3. The summed E-state index contributed by atoms with van der Waals surface area (Å²) in [5.41, 5.74) is 3.38. The highest BCUT2D eigenvalue weighted by atomic mass is 19.1. The number of benzene rings is 1. The molecule has 8 nitrogen and oxygen atoms in total. The Bertz CT molecular complexity index is 1180. The molecule has 0 aliphatic carbocycles. The number of aromatic nitrogens is 1. The van der Waals surface area contributed by atoms with Crippen LogP contribution in [0.2, 0.25) is 0 Å². The van der Waals surface area contributed by atoms with E-state index in [1.165, 1.54) is 17.7 Å². The molecule has 0 saturated carbocycles. The van der Waals surface area contributed by atoms with Gasteiger partial charge in [0.05, 0.1) is 18.3 Å². The molecule has 212 valence electrons. The Balaban J connectivity index is 1.17. The lowest BCUT2D eigenvalue weighted by Crippen LogP contribution is -2.42. The molecule has 3 aliphatic heterocycles. The highest BCUT2D eigenvalue weighted by Crippen LogP contribution is 2.43. The second-order valence-electron chi connectivity index (χ2n) is 11.4. The van der Waals surface area contributed by atoms with Gasteiger partial charge in [-0.05, 0) is 62.1 Å². The van der Waals surface area contributed by atoms with Gasteiger partial charge in [-0.2, -0.15) is 0 Å². The molecule has 5 rings (SSSR count). The van der Waals surface area contributed by atoms with E-state index in [-0.39, 0.29) is 18.1 Å². The fraction of sp³-hybridized carbons (Fsp3) is 0.600. The second kappa shape index (κ2) is 12.1. The van der Waals surface area contributed by atoms with Crippen LogP contribution in [0.3, 0.4) is 0 Å². The topological polar surface area (TPSA) is 87.2 Å². The first kappa shape index (κ1) is 27.6. The maximum Gasteiger partial charge on any atom is 0.325 e. The third-order valence-corrected chi connectivity index (χ3v) is 8.14. The van der Waals surface area contributed by atoms with Crippen LogP contribution in [0.5, 0.6) is 5.75 Å². The maximum absolute atomic E-state index is 14.7. The van der Waals surface area contributed by atoms with E-state index in [0.29, 0.717) is 43.2 Å². The minimum atomic E-state index is -1.01. The van der Waals surface area contributed by atoms with Gasteiger partial charge < -0.3 is 24.8 Å². The molecule has 1 fully saturated rings. The number of hydrogen-bond acceptors (Lipinski definition) is 7. The standard InChI is InChI=1S/C30H41FN4O4/c1-19(2)26-18-34(3)25-16-21(31)15-24(28(25)39-26)27(30(36)37)35-13-11-23(17-35)38-14-5-4-8-22-10-9-20-7-6-12-32-29(20)33-22/h9-10,15-16,19,23,26-27H,4-8,11-14,17-18H2,1-3H3,(H,32,33)(H,36,37). The number of aryl methyl sites for hydroxylation is 2. The number of anilines is 2. The van der Waals surface area contributed by atoms with Crippen molar-refractivity contribution in [2.45, 2.75) is 70.6 Å². The largest absolute Gasteiger partial charge is 0.486 e. The SMILES string of the molecule is CC(C)C1CN(C)c2cc(F)cc(C(C(=O)O)N3CCC(OCCCCc4ccc5c(n4)NCCC5)C3)c2O1. The summed E-state index contributed by atoms with van der Waals surface area (Å²) >= 11 is 0. The minimum absolute atomic E-state index is 0.0469. The lowest BCUT2D eigenvalue weighted by Gasteiger charge is -2.38. The number of likely N-dealkylation sites (tertiary alicyclic amines) is 1. The number of unbranched alkanes of at least 4 members (excludes halogenated alkanes) is 1. The van der Waals surface area contributed by atoms with Crippen LogP contribution in [-0.2, 0) is 22.4 Å². The molecule has 0 spiro atoms. The average molecular weight is 541 g/mol. The summed E-state index contributed by atoms with van der Waals surface area (Å²) in [6.07, 6.45) is 5.66. The molecular weight excluding hydrogens is 499 g/mol. The van der Waals surface area contributed by atoms with E-state index in [2.05, 4.69) is 31.3 Å². The molecule has 3 atom stereocenters. The molecule has 2 N–H and O–H groups in total. The number of halogens is 1. The summed E-state index contributed by atoms with van der Waals surface area (Å²) in [7, 11) is 1.90. The summed E-state index contributed by atoms with van der Waals surface area (Å²) in [6, 6.07) is 6.08. The van der Waals surface area contributed by atoms with Gasteiger partial charge in [-0.3, -0.25) is 9.69 Å². The van der Waals surface area contributed by atoms with Gasteiger partial charge >= 0.3 is 5.97 Å². The number of fused-ring (bicyclic) bond motifs is 2. The molecule has 0 amide bonds. The number of aliphatic carboxylic acids is 1. The van der Waals surface area contributed by atoms with Gasteiger partial charge in [0.25, 0.3) is 0 Å². The van der Waals surface area contributed by atoms with Gasteiger partial charge in [-0.1, -0.05) is 19.9 Å². The zero-order chi connectivity index (χ0) is 27.5. The summed E-state index contributed by atoms with van der Waals surface area (Å²) < 4.78 is 27.1. The van der Waals surface area contributed by atoms with Gasteiger partial charge in [0.2, 0.25) is 0 Å². The molecule has 39 heavy (non-hydrogen) atoms. The van der Waals surface area contributed by atoms with Crippen molar-refractivity contribution in [1.29, 1.82) is 0 Å². The summed E-state index contributed by atoms with van der Waals surface area (Å²) in [6.45, 7) is 7.45. The van der Waals surface area contributed by atoms with Crippen molar-refractivity contribution >= 4 is 17.5 Å². The van der Waals surface area contributed by atoms with Crippen molar-refractivity contribution in [3.05, 3.63) is 46.9 Å². The van der Waals surface area contributed by atoms with E-state index in [4.69, 9.17) is 14.5 Å². The fourth-order valence-corrected chi connectivity index (χ4v) is 5.90. The van der Waals surface area contributed by atoms with Gasteiger partial charge in [0.15, 0.2) is 0 Å². The maximum atomic E-state index is 14.7. The van der Waals surface area contributed by atoms with Crippen molar-refractivity contribution < 1.29 is 23.8 Å². The zero-order valence-corrected chi connectivity index (χ0v) is 23.3. The van der Waals surface area contributed by atoms with Crippen LogP contribution in [0.15, 0.2) is 24.3 Å². The molecule has 3 aliphatic rings. The first-order valence-electron chi connectivity index (χ1n) is 14.3. The van der Waals surface area contributed by atoms with Crippen LogP contribution in [-0.4, -0.2) is 73.0 Å². The molecule has 0 bridgehead atoms. The van der Waals surface area contributed by atoms with Crippen LogP contribution in [0.1, 0.15) is 62.4 Å². The van der Waals surface area contributed by atoms with Gasteiger partial charge in [0.1, 0.15) is 29.5 Å². The molecule has 0 radical (unpaired) electrons. The van der Waals surface area contributed by atoms with E-state index >= 15 is 0 Å². The quantitative estimate of drug-likeness (QED) is 0.421. The monoisotopic (exact) mass is 540 g/mol. The summed E-state index contributed by atoms with van der Waals surface area (Å²) in [5, 5.41) is 13.6. The number of hydrogen-bond donors (Lipinski definition) is 2. The van der Waals surface area contributed by atoms with Crippen LogP contribution < -0.4 is 15.0 Å². The third kappa shape index (κ3) is 6.30. The highest BCUT2D eigenvalue weighted by Gasteiger charge is 2.39. The average Bonchev–Trinajstić information content (AvgIpc) is 3.36. The van der Waals surface area contributed by atoms with Crippen molar-refractivity contribution in [3.8, 4) is 5.75 Å². The molecule has 3 unspecified atom stereocenters. The van der Waals surface area contributed by atoms with Crippen LogP contribution in [0.25, 0.3) is 0 Å². The van der Waals surface area contributed by atoms with E-state index in [9.17, 15) is 14.3 Å². The number of nitrogens with one attached hydrogen (secondary N) is 1. The van der Waals surface area contributed by atoms with Crippen molar-refractivity contribution in [2.75, 3.05) is 50.1 Å². The lowest BCUT2D eigenvalue weighted by atomic mass is 9.99. The molecule has 1 saturated heterocycles. The number of carboxylic acid groups (broad SMARTS) is 1. The predicted octanol–water partition coefficient (Wildman–Crippen LogP) is 4.67. The lowest BCUT2D eigenvalue weighted by molar-refractivity contribution is -0.143. The van der Waals surface area contributed by atoms with Crippen LogP contribution >= 0.6 is 0 Å². The number of carbonyl (C=O) groups is 1. The van der Waals surface area contributed by atoms with E-state index in [1.807, 2.05) is 16.8 Å². The molecule has 1 aromatic carbocycles. The summed E-state index contributed by atoms with van der Waals surface area (Å²) in [4.78, 5) is 21.1. The number of pyridine rings is 1. The molecule has 4 heterocycles. The Morgan fingerprint density at radius 3 is 2.92 bits per heavy atom. The Kier molecular flexibility index (Phi) is 8.57. The Morgan fingerprint density at radius 1 is 1.28 bits per heavy atom. The van der Waals surface area contributed by atoms with Crippen molar-refractivity contribution in [2.24, 2.45) is 5.92 Å². The number of likely N-dealkylation sites (N-methyl/N-ethyl adjacent to an activating group) is 1. The van der Waals surface area contributed by atoms with E-state index in [0.717, 1.165) is 56.6 Å². The van der Waals surface area contributed by atoms with Crippen molar-refractivity contribution in [1.82, 2.24) is 9.88 Å². The molecule has 9 heteroatoms. The number of carboxylic acids is 1. The van der Waals surface area contributed by atoms with E-state index in [1.54, 1.807) is 0 Å². The molecule has 2 aromatic rings. The van der Waals surface area contributed by atoms with Crippen LogP contribution in [0.4, 0.5) is 15.9 Å². The number of rotatable bonds is 10. The van der Waals surface area contributed by atoms with Gasteiger partial charge in [-0.25, -0.2) is 9.37 Å². The molecule has 1 aromatic heterocycles. The first-order chi connectivity index (χ1) is 18.8. The smallest absolute Gasteiger partial charge is 0.325 e. The Hall–Kier alpha value is -2.91. The Morgan fingerprint density at radius 2 is 2.13 bits per heavy atom. The van der Waals surface area contributed by atoms with Gasteiger partial charge in [0, 0.05) is 50.6 Å². The number of nitrogens with zero attached hydrogens (tertiary/aromatic N) is 3. The highest BCUT2D eigenvalue weighted by molar-refractivity contribution is 5.79. The number of ether oxygens (including phenoxy) is 2. The summed E-state index contributed by atoms with van der Waals surface area (Å²) in [5.74, 6) is 0.293. The second-order valence-corrected chi connectivity index (χ2v) is 11.4. The fourth-order valence-electron chi connectivity index (χ4n) is 5.90. The predicted molar refractivity (Wildman–Crippen MR) is 149 cm³/mol. The van der Waals surface area contributed by atoms with Crippen LogP contribution in [0, 0.1) is 11.7 Å². The third-order valence-electron chi connectivity index (χ3n) is 8.14. The minimum Gasteiger partial charge on any atom is -0.486 e. The van der Waals surface area contributed by atoms with Crippen molar-refractivity contribution in [3.63, 3.8) is 0 Å². The van der Waals surface area contributed by atoms with E-state index < -0.39 is 17.8 Å². The normalized spacial score (nSPS) is 21.7. The first-order valence-corrected chi connectivity index (χ1v) is 14.3. The molecular formula is C30H41FN4O4.